The average Bonchev–Trinajstić information content (AvgIpc) is 2.46. The molecule has 5 N–H and O–H groups in total. The van der Waals surface area contributed by atoms with E-state index < -0.39 is 11.9 Å². The van der Waals surface area contributed by atoms with Crippen LogP contribution in [0.1, 0.15) is 26.3 Å². The summed E-state index contributed by atoms with van der Waals surface area (Å²) in [6.45, 7) is 0.238. The third-order valence-electron chi connectivity index (χ3n) is 2.90. The average molecular weight is 286 g/mol. The predicted octanol–water partition coefficient (Wildman–Crippen LogP) is 1.64. The van der Waals surface area contributed by atoms with Gasteiger partial charge in [0.15, 0.2) is 0 Å². The van der Waals surface area contributed by atoms with E-state index in [0.717, 1.165) is 5.56 Å². The van der Waals surface area contributed by atoms with Gasteiger partial charge in [-0.15, -0.1) is 0 Å². The Labute approximate surface area is 120 Å². The molecule has 0 saturated carbocycles. The largest absolute Gasteiger partial charge is 0.489 e. The van der Waals surface area contributed by atoms with Crippen LogP contribution in [0.3, 0.4) is 0 Å². The van der Waals surface area contributed by atoms with Crippen molar-refractivity contribution in [1.29, 1.82) is 0 Å². The van der Waals surface area contributed by atoms with Crippen molar-refractivity contribution >= 4 is 17.6 Å². The molecule has 0 aliphatic heterocycles. The number of carboxylic acids is 1. The maximum atomic E-state index is 11.0. The quantitative estimate of drug-likeness (QED) is 0.723. The van der Waals surface area contributed by atoms with Gasteiger partial charge in [-0.3, -0.25) is 4.79 Å². The van der Waals surface area contributed by atoms with E-state index in [1.165, 1.54) is 12.1 Å². The van der Waals surface area contributed by atoms with E-state index in [2.05, 4.69) is 0 Å². The minimum absolute atomic E-state index is 0.00317. The van der Waals surface area contributed by atoms with Crippen LogP contribution in [-0.4, -0.2) is 17.0 Å². The number of benzene rings is 2. The minimum Gasteiger partial charge on any atom is -0.489 e. The molecule has 0 spiro atoms. The van der Waals surface area contributed by atoms with Gasteiger partial charge in [-0.2, -0.15) is 0 Å². The van der Waals surface area contributed by atoms with Crippen molar-refractivity contribution in [3.63, 3.8) is 0 Å². The van der Waals surface area contributed by atoms with Gasteiger partial charge in [0.1, 0.15) is 12.4 Å². The first-order valence-electron chi connectivity index (χ1n) is 6.11. The Morgan fingerprint density at radius 1 is 1.10 bits per heavy atom. The molecular weight excluding hydrogens is 272 g/mol. The fourth-order valence-electron chi connectivity index (χ4n) is 1.74. The van der Waals surface area contributed by atoms with Crippen molar-refractivity contribution in [3.05, 3.63) is 59.2 Å². The minimum atomic E-state index is -1.11. The molecule has 0 aromatic heterocycles. The molecule has 6 heteroatoms. The number of carbonyl (C=O) groups is 2. The van der Waals surface area contributed by atoms with E-state index in [0.29, 0.717) is 11.3 Å². The monoisotopic (exact) mass is 286 g/mol. The second kappa shape index (κ2) is 5.96. The van der Waals surface area contributed by atoms with E-state index in [1.54, 1.807) is 30.3 Å². The Morgan fingerprint density at radius 2 is 1.76 bits per heavy atom. The molecule has 0 aliphatic rings. The SMILES string of the molecule is NC(=O)c1ccc(COc2ccc(N)c(C(=O)O)c2)cc1. The number of hydrogen-bond acceptors (Lipinski definition) is 4. The van der Waals surface area contributed by atoms with Crippen LogP contribution in [0.15, 0.2) is 42.5 Å². The van der Waals surface area contributed by atoms with Gasteiger partial charge in [-0.1, -0.05) is 12.1 Å². The molecular formula is C15H14N2O4. The normalized spacial score (nSPS) is 10.1. The lowest BCUT2D eigenvalue weighted by molar-refractivity contribution is 0.0697. The number of amides is 1. The molecule has 6 nitrogen and oxygen atoms in total. The van der Waals surface area contributed by atoms with Crippen LogP contribution in [0.5, 0.6) is 5.75 Å². The Hall–Kier alpha value is -3.02. The van der Waals surface area contributed by atoms with E-state index in [4.69, 9.17) is 21.3 Å². The van der Waals surface area contributed by atoms with Gasteiger partial charge < -0.3 is 21.3 Å². The molecule has 0 aliphatic carbocycles. The highest BCUT2D eigenvalue weighted by Gasteiger charge is 2.09. The number of aromatic carboxylic acids is 1. The van der Waals surface area contributed by atoms with Crippen molar-refractivity contribution in [2.75, 3.05) is 5.73 Å². The second-order valence-corrected chi connectivity index (χ2v) is 4.40. The molecule has 2 aromatic carbocycles. The number of primary amides is 1. The predicted molar refractivity (Wildman–Crippen MR) is 77.1 cm³/mol. The Balaban J connectivity index is 2.07. The maximum Gasteiger partial charge on any atom is 0.337 e. The summed E-state index contributed by atoms with van der Waals surface area (Å²) in [6.07, 6.45) is 0. The first kappa shape index (κ1) is 14.4. The van der Waals surface area contributed by atoms with Crippen molar-refractivity contribution in [2.24, 2.45) is 5.73 Å². The van der Waals surface area contributed by atoms with Crippen LogP contribution in [0.4, 0.5) is 5.69 Å². The summed E-state index contributed by atoms with van der Waals surface area (Å²) in [6, 6.07) is 11.1. The molecule has 2 aromatic rings. The van der Waals surface area contributed by atoms with Crippen LogP contribution >= 0.6 is 0 Å². The van der Waals surface area contributed by atoms with Crippen LogP contribution in [0.25, 0.3) is 0 Å². The number of ether oxygens (including phenoxy) is 1. The summed E-state index contributed by atoms with van der Waals surface area (Å²) in [5.74, 6) is -1.20. The lowest BCUT2D eigenvalue weighted by atomic mass is 10.1. The number of rotatable bonds is 5. The van der Waals surface area contributed by atoms with E-state index in [-0.39, 0.29) is 17.9 Å². The third kappa shape index (κ3) is 3.50. The maximum absolute atomic E-state index is 11.0. The lowest BCUT2D eigenvalue weighted by Gasteiger charge is -2.08. The summed E-state index contributed by atoms with van der Waals surface area (Å²) in [7, 11) is 0. The van der Waals surface area contributed by atoms with E-state index >= 15 is 0 Å². The van der Waals surface area contributed by atoms with E-state index in [1.807, 2.05) is 0 Å². The molecule has 0 saturated heterocycles. The van der Waals surface area contributed by atoms with E-state index in [9.17, 15) is 9.59 Å². The smallest absolute Gasteiger partial charge is 0.337 e. The van der Waals surface area contributed by atoms with Gasteiger partial charge in [-0.25, -0.2) is 4.79 Å². The first-order valence-corrected chi connectivity index (χ1v) is 6.11. The number of nitrogen functional groups attached to an aromatic ring is 1. The zero-order chi connectivity index (χ0) is 15.4. The zero-order valence-corrected chi connectivity index (χ0v) is 11.1. The molecule has 2 rings (SSSR count). The third-order valence-corrected chi connectivity index (χ3v) is 2.90. The molecule has 1 amide bonds. The molecule has 0 heterocycles. The van der Waals surface area contributed by atoms with Crippen LogP contribution in [-0.2, 0) is 6.61 Å². The topological polar surface area (TPSA) is 116 Å². The summed E-state index contributed by atoms with van der Waals surface area (Å²) in [4.78, 5) is 21.9. The van der Waals surface area contributed by atoms with Gasteiger partial charge in [0.05, 0.1) is 5.56 Å². The molecule has 0 radical (unpaired) electrons. The molecule has 0 bridgehead atoms. The summed E-state index contributed by atoms with van der Waals surface area (Å²) in [5, 5.41) is 8.98. The van der Waals surface area contributed by atoms with Gasteiger partial charge in [0.25, 0.3) is 0 Å². The van der Waals surface area contributed by atoms with Crippen LogP contribution in [0.2, 0.25) is 0 Å². The summed E-state index contributed by atoms with van der Waals surface area (Å²) >= 11 is 0. The highest BCUT2D eigenvalue weighted by Crippen LogP contribution is 2.20. The van der Waals surface area contributed by atoms with Crippen LogP contribution in [0, 0.1) is 0 Å². The van der Waals surface area contributed by atoms with Gasteiger partial charge in [0, 0.05) is 11.3 Å². The number of hydrogen-bond donors (Lipinski definition) is 3. The molecule has 0 unspecified atom stereocenters. The van der Waals surface area contributed by atoms with Crippen molar-refractivity contribution in [1.82, 2.24) is 0 Å². The number of carbonyl (C=O) groups excluding carboxylic acids is 1. The number of anilines is 1. The standard InChI is InChI=1S/C15H14N2O4/c16-13-6-5-11(7-12(13)15(19)20)21-8-9-1-3-10(4-2-9)14(17)18/h1-7H,8,16H2,(H2,17,18)(H,19,20). The Kier molecular flexibility index (Phi) is 4.08. The first-order chi connectivity index (χ1) is 9.97. The fourth-order valence-corrected chi connectivity index (χ4v) is 1.74. The van der Waals surface area contributed by atoms with Crippen molar-refractivity contribution < 1.29 is 19.4 Å². The number of nitrogens with two attached hydrogens (primary N) is 2. The van der Waals surface area contributed by atoms with Gasteiger partial charge >= 0.3 is 5.97 Å². The zero-order valence-electron chi connectivity index (χ0n) is 11.1. The molecule has 0 atom stereocenters. The fraction of sp³-hybridized carbons (Fsp3) is 0.0667. The van der Waals surface area contributed by atoms with Crippen molar-refractivity contribution in [3.8, 4) is 5.75 Å². The van der Waals surface area contributed by atoms with Gasteiger partial charge in [0.2, 0.25) is 5.91 Å². The Bertz CT molecular complexity index is 681. The Morgan fingerprint density at radius 3 is 2.33 bits per heavy atom. The van der Waals surface area contributed by atoms with Crippen LogP contribution < -0.4 is 16.2 Å². The second-order valence-electron chi connectivity index (χ2n) is 4.40. The number of carboxylic acid groups (broad SMARTS) is 1. The molecule has 21 heavy (non-hydrogen) atoms. The summed E-state index contributed by atoms with van der Waals surface area (Å²) < 4.78 is 5.50. The highest BCUT2D eigenvalue weighted by molar-refractivity contribution is 5.94. The molecule has 0 fully saturated rings. The lowest BCUT2D eigenvalue weighted by Crippen LogP contribution is -2.10. The molecule has 108 valence electrons. The van der Waals surface area contributed by atoms with Gasteiger partial charge in [-0.05, 0) is 35.9 Å². The summed E-state index contributed by atoms with van der Waals surface area (Å²) in [5.41, 5.74) is 12.1. The highest BCUT2D eigenvalue weighted by atomic mass is 16.5. The van der Waals surface area contributed by atoms with Crippen molar-refractivity contribution in [2.45, 2.75) is 6.61 Å².